The molecular weight excluding hydrogens is 612 g/mol. The number of nitrogens with zero attached hydrogens (tertiary/aromatic N) is 7. The zero-order chi connectivity index (χ0) is 33.4. The van der Waals surface area contributed by atoms with E-state index in [2.05, 4.69) is 26.9 Å². The molecule has 0 radical (unpaired) electrons. The summed E-state index contributed by atoms with van der Waals surface area (Å²) >= 11 is 0. The number of aromatic amines is 1. The van der Waals surface area contributed by atoms with Gasteiger partial charge in [0.2, 0.25) is 15.9 Å². The molecule has 0 aromatic carbocycles. The van der Waals surface area contributed by atoms with Crippen LogP contribution in [-0.4, -0.2) is 111 Å². The molecule has 5 rings (SSSR count). The van der Waals surface area contributed by atoms with Crippen LogP contribution in [0.4, 0.5) is 4.79 Å². The van der Waals surface area contributed by atoms with Crippen molar-refractivity contribution in [3.63, 3.8) is 0 Å². The highest BCUT2D eigenvalue weighted by molar-refractivity contribution is 7.89. The van der Waals surface area contributed by atoms with E-state index < -0.39 is 27.3 Å². The summed E-state index contributed by atoms with van der Waals surface area (Å²) < 4.78 is 42.4. The number of nitrogens with one attached hydrogen (secondary N) is 1. The lowest BCUT2D eigenvalue weighted by molar-refractivity contribution is -0.000645. The van der Waals surface area contributed by atoms with Crippen LogP contribution in [-0.2, 0) is 21.2 Å². The zero-order valence-corrected chi connectivity index (χ0v) is 28.7. The normalized spacial score (nSPS) is 17.7. The topological polar surface area (TPSA) is 156 Å². The molecule has 14 nitrogen and oxygen atoms in total. The van der Waals surface area contributed by atoms with E-state index in [9.17, 15) is 18.0 Å². The zero-order valence-electron chi connectivity index (χ0n) is 27.9. The Morgan fingerprint density at radius 1 is 1.11 bits per heavy atom. The number of carbonyl (C=O) groups excluding carboxylic acids is 1. The van der Waals surface area contributed by atoms with Crippen LogP contribution < -0.4 is 10.3 Å². The van der Waals surface area contributed by atoms with Crippen molar-refractivity contribution in [3.05, 3.63) is 28.3 Å². The molecule has 15 heteroatoms. The molecule has 5 heterocycles. The molecule has 46 heavy (non-hydrogen) atoms. The van der Waals surface area contributed by atoms with Crippen LogP contribution in [0.3, 0.4) is 0 Å². The second-order valence-corrected chi connectivity index (χ2v) is 14.9. The maximum atomic E-state index is 13.7. The van der Waals surface area contributed by atoms with Gasteiger partial charge in [-0.25, -0.2) is 23.2 Å². The molecule has 0 bridgehead atoms. The van der Waals surface area contributed by atoms with Crippen molar-refractivity contribution in [1.29, 1.82) is 0 Å². The highest BCUT2D eigenvalue weighted by Crippen LogP contribution is 2.32. The van der Waals surface area contributed by atoms with Gasteiger partial charge in [-0.1, -0.05) is 27.2 Å². The number of likely N-dealkylation sites (N-methyl/N-ethyl adjacent to an activating group) is 1. The molecule has 0 saturated carbocycles. The molecule has 1 N–H and O–H groups in total. The summed E-state index contributed by atoms with van der Waals surface area (Å²) in [6.45, 7) is 17.2. The minimum Gasteiger partial charge on any atom is -0.474 e. The van der Waals surface area contributed by atoms with Crippen molar-refractivity contribution in [1.82, 2.24) is 38.8 Å². The standard InChI is InChI=1S/C31H46N8O6S/c1-8-11-20(4)44-29-23(16-22(17-32-29)46(42,43)38-14-12-36(10-3)13-15-38)27-33-25-24(9-2)39(35-26(25)28(40)34-27)21-18-37(19-21)30(41)45-31(5,6)7/h16-17,20-21H,8-15,18-19H2,1-7H3,(H,33,34,40). The SMILES string of the molecule is CCCC(C)Oc1ncc(S(=O)(=O)N2CCN(CC)CC2)cc1-c1nc2c(CC)n(C3CN(C(=O)OC(C)(C)C)C3)nc2c(=O)[nH]1. The molecule has 3 aromatic heterocycles. The van der Waals surface area contributed by atoms with Gasteiger partial charge >= 0.3 is 6.09 Å². The predicted molar refractivity (Wildman–Crippen MR) is 173 cm³/mol. The molecule has 2 aliphatic heterocycles. The highest BCUT2D eigenvalue weighted by Gasteiger charge is 2.37. The number of pyridine rings is 1. The first-order chi connectivity index (χ1) is 21.7. The van der Waals surface area contributed by atoms with Crippen molar-refractivity contribution in [2.24, 2.45) is 0 Å². The Morgan fingerprint density at radius 2 is 1.80 bits per heavy atom. The monoisotopic (exact) mass is 658 g/mol. The molecule has 2 fully saturated rings. The van der Waals surface area contributed by atoms with Crippen molar-refractivity contribution >= 4 is 27.1 Å². The maximum absolute atomic E-state index is 13.7. The Morgan fingerprint density at radius 3 is 2.41 bits per heavy atom. The van der Waals surface area contributed by atoms with Gasteiger partial charge in [0.05, 0.1) is 29.6 Å². The Hall–Kier alpha value is -3.56. The third-order valence-corrected chi connectivity index (χ3v) is 10.2. The summed E-state index contributed by atoms with van der Waals surface area (Å²) in [4.78, 5) is 41.9. The van der Waals surface area contributed by atoms with E-state index in [4.69, 9.17) is 14.5 Å². The van der Waals surface area contributed by atoms with Crippen LogP contribution in [0, 0.1) is 0 Å². The van der Waals surface area contributed by atoms with E-state index in [0.29, 0.717) is 51.2 Å². The van der Waals surface area contributed by atoms with Crippen LogP contribution in [0.25, 0.3) is 22.4 Å². The summed E-state index contributed by atoms with van der Waals surface area (Å²) in [5, 5.41) is 4.61. The first kappa shape index (κ1) is 33.8. The van der Waals surface area contributed by atoms with Gasteiger partial charge in [-0.2, -0.15) is 9.40 Å². The number of aryl methyl sites for hydroxylation is 1. The molecule has 1 atom stereocenters. The van der Waals surface area contributed by atoms with E-state index in [1.54, 1.807) is 9.58 Å². The van der Waals surface area contributed by atoms with Crippen LogP contribution in [0.2, 0.25) is 0 Å². The number of rotatable bonds is 10. The summed E-state index contributed by atoms with van der Waals surface area (Å²) in [6, 6.07) is 1.35. The summed E-state index contributed by atoms with van der Waals surface area (Å²) in [5.41, 5.74) is 0.538. The fourth-order valence-corrected chi connectivity index (χ4v) is 7.21. The first-order valence-corrected chi connectivity index (χ1v) is 17.6. The van der Waals surface area contributed by atoms with Crippen molar-refractivity contribution in [3.8, 4) is 17.3 Å². The average molecular weight is 659 g/mol. The first-order valence-electron chi connectivity index (χ1n) is 16.1. The number of likely N-dealkylation sites (tertiary alicyclic amines) is 1. The Balaban J connectivity index is 1.52. The van der Waals surface area contributed by atoms with E-state index in [1.807, 2.05) is 41.5 Å². The summed E-state index contributed by atoms with van der Waals surface area (Å²) in [7, 11) is -3.86. The Labute approximate surface area is 270 Å². The molecule has 3 aromatic rings. The minimum absolute atomic E-state index is 0.00815. The largest absolute Gasteiger partial charge is 0.474 e. The van der Waals surface area contributed by atoms with Crippen LogP contribution in [0.1, 0.15) is 73.0 Å². The lowest BCUT2D eigenvalue weighted by atomic mass is 10.1. The second-order valence-electron chi connectivity index (χ2n) is 13.0. The van der Waals surface area contributed by atoms with Gasteiger partial charge < -0.3 is 24.3 Å². The molecule has 1 amide bonds. The second kappa shape index (κ2) is 13.3. The van der Waals surface area contributed by atoms with Gasteiger partial charge in [0.1, 0.15) is 21.8 Å². The molecule has 0 spiro atoms. The molecule has 0 aliphatic carbocycles. The number of aromatic nitrogens is 5. The number of amides is 1. The molecule has 2 saturated heterocycles. The summed E-state index contributed by atoms with van der Waals surface area (Å²) in [6.07, 6.45) is 2.91. The van der Waals surface area contributed by atoms with E-state index in [0.717, 1.165) is 25.1 Å². The Kier molecular flexibility index (Phi) is 9.76. The fourth-order valence-electron chi connectivity index (χ4n) is 5.81. The third-order valence-electron chi connectivity index (χ3n) is 8.35. The number of hydrogen-bond acceptors (Lipinski definition) is 10. The minimum atomic E-state index is -3.86. The van der Waals surface area contributed by atoms with Gasteiger partial charge in [-0.3, -0.25) is 9.48 Å². The fraction of sp³-hybridized carbons (Fsp3) is 0.645. The summed E-state index contributed by atoms with van der Waals surface area (Å²) in [5.74, 6) is 0.338. The van der Waals surface area contributed by atoms with E-state index in [-0.39, 0.29) is 39.8 Å². The smallest absolute Gasteiger partial charge is 0.410 e. The number of ether oxygens (including phenoxy) is 2. The molecule has 252 valence electrons. The molecular formula is C31H46N8O6S. The van der Waals surface area contributed by atoms with Crippen LogP contribution >= 0.6 is 0 Å². The number of carbonyl (C=O) groups is 1. The lowest BCUT2D eigenvalue weighted by Gasteiger charge is -2.40. The highest BCUT2D eigenvalue weighted by atomic mass is 32.2. The van der Waals surface area contributed by atoms with Gasteiger partial charge in [0.25, 0.3) is 5.56 Å². The quantitative estimate of drug-likeness (QED) is 0.343. The van der Waals surface area contributed by atoms with Crippen molar-refractivity contribution in [2.75, 3.05) is 45.8 Å². The maximum Gasteiger partial charge on any atom is 0.410 e. The number of fused-ring (bicyclic) bond motifs is 1. The number of piperazine rings is 1. The van der Waals surface area contributed by atoms with Gasteiger partial charge in [0, 0.05) is 39.3 Å². The predicted octanol–water partition coefficient (Wildman–Crippen LogP) is 3.43. The van der Waals surface area contributed by atoms with Gasteiger partial charge in [-0.05, 0) is 53.1 Å². The van der Waals surface area contributed by atoms with Crippen LogP contribution in [0.15, 0.2) is 22.0 Å². The van der Waals surface area contributed by atoms with E-state index >= 15 is 0 Å². The van der Waals surface area contributed by atoms with Gasteiger partial charge in [-0.15, -0.1) is 0 Å². The average Bonchev–Trinajstić information content (AvgIpc) is 3.34. The number of sulfonamides is 1. The lowest BCUT2D eigenvalue weighted by Crippen LogP contribution is -2.52. The number of H-pyrrole nitrogens is 1. The molecule has 2 aliphatic rings. The molecule has 1 unspecified atom stereocenters. The van der Waals surface area contributed by atoms with Crippen molar-refractivity contribution < 1.29 is 22.7 Å². The van der Waals surface area contributed by atoms with E-state index in [1.165, 1.54) is 16.6 Å². The van der Waals surface area contributed by atoms with Crippen molar-refractivity contribution in [2.45, 2.75) is 90.4 Å². The van der Waals surface area contributed by atoms with Gasteiger partial charge in [0.15, 0.2) is 5.52 Å². The third kappa shape index (κ3) is 6.91. The Bertz CT molecular complexity index is 1730. The number of hydrogen-bond donors (Lipinski definition) is 1. The van der Waals surface area contributed by atoms with Crippen LogP contribution in [0.5, 0.6) is 5.88 Å².